The van der Waals surface area contributed by atoms with Crippen molar-refractivity contribution < 1.29 is 4.79 Å². The highest BCUT2D eigenvalue weighted by atomic mass is 32.2. The molecule has 2 heterocycles. The molecule has 3 rings (SSSR count). The largest absolute Gasteiger partial charge is 0.308 e. The number of anilines is 1. The summed E-state index contributed by atoms with van der Waals surface area (Å²) in [7, 11) is 0. The molecule has 0 bridgehead atoms. The zero-order valence-electron chi connectivity index (χ0n) is 12.1. The van der Waals surface area contributed by atoms with Gasteiger partial charge in [-0.3, -0.25) is 4.79 Å². The molecular formula is C16H17N3OS. The minimum atomic E-state index is -0.207. The monoisotopic (exact) mass is 299 g/mol. The van der Waals surface area contributed by atoms with E-state index in [1.807, 2.05) is 30.0 Å². The molecule has 21 heavy (non-hydrogen) atoms. The van der Waals surface area contributed by atoms with Gasteiger partial charge in [-0.15, -0.1) is 0 Å². The summed E-state index contributed by atoms with van der Waals surface area (Å²) in [6.45, 7) is 4.01. The van der Waals surface area contributed by atoms with E-state index in [-0.39, 0.29) is 17.2 Å². The lowest BCUT2D eigenvalue weighted by Gasteiger charge is -2.25. The molecule has 0 saturated carbocycles. The van der Waals surface area contributed by atoms with E-state index < -0.39 is 0 Å². The third-order valence-corrected chi connectivity index (χ3v) is 4.59. The molecule has 0 fully saturated rings. The first-order valence-electron chi connectivity index (χ1n) is 7.01. The number of hydrogen-bond donors (Lipinski definition) is 0. The van der Waals surface area contributed by atoms with Gasteiger partial charge in [-0.1, -0.05) is 30.0 Å². The third-order valence-electron chi connectivity index (χ3n) is 3.62. The van der Waals surface area contributed by atoms with Gasteiger partial charge < -0.3 is 4.90 Å². The van der Waals surface area contributed by atoms with Gasteiger partial charge in [-0.2, -0.15) is 0 Å². The van der Waals surface area contributed by atoms with Crippen LogP contribution >= 0.6 is 11.8 Å². The van der Waals surface area contributed by atoms with Gasteiger partial charge in [-0.05, 0) is 38.0 Å². The zero-order chi connectivity index (χ0) is 14.8. The molecule has 1 aliphatic heterocycles. The zero-order valence-corrected chi connectivity index (χ0v) is 12.9. The van der Waals surface area contributed by atoms with Gasteiger partial charge in [0.2, 0.25) is 5.91 Å². The second-order valence-corrected chi connectivity index (χ2v) is 6.49. The number of para-hydroxylation sites is 1. The Hall–Kier alpha value is -1.88. The highest BCUT2D eigenvalue weighted by molar-refractivity contribution is 8.00. The van der Waals surface area contributed by atoms with Crippen LogP contribution in [0.4, 0.5) is 5.69 Å². The summed E-state index contributed by atoms with van der Waals surface area (Å²) in [5.74, 6) is 0.116. The Morgan fingerprint density at radius 3 is 2.76 bits per heavy atom. The van der Waals surface area contributed by atoms with Crippen LogP contribution in [0.1, 0.15) is 19.4 Å². The number of thioether (sulfide) groups is 1. The lowest BCUT2D eigenvalue weighted by Crippen LogP contribution is -2.40. The Morgan fingerprint density at radius 2 is 2.00 bits per heavy atom. The van der Waals surface area contributed by atoms with Crippen LogP contribution in [0.3, 0.4) is 0 Å². The number of benzene rings is 1. The first-order valence-corrected chi connectivity index (χ1v) is 7.89. The molecule has 0 spiro atoms. The average molecular weight is 299 g/mol. The molecule has 0 saturated heterocycles. The van der Waals surface area contributed by atoms with Gasteiger partial charge in [0, 0.05) is 24.1 Å². The van der Waals surface area contributed by atoms with Gasteiger partial charge in [0.05, 0.1) is 5.25 Å². The summed E-state index contributed by atoms with van der Waals surface area (Å²) in [6, 6.07) is 10.1. The summed E-state index contributed by atoms with van der Waals surface area (Å²) >= 11 is 1.40. The van der Waals surface area contributed by atoms with Gasteiger partial charge >= 0.3 is 0 Å². The smallest absolute Gasteiger partial charge is 0.240 e. The number of amides is 1. The van der Waals surface area contributed by atoms with Crippen molar-refractivity contribution in [3.8, 4) is 0 Å². The molecule has 0 radical (unpaired) electrons. The van der Waals surface area contributed by atoms with E-state index in [0.717, 1.165) is 12.1 Å². The number of carbonyl (C=O) groups is 1. The summed E-state index contributed by atoms with van der Waals surface area (Å²) in [5.41, 5.74) is 2.28. The van der Waals surface area contributed by atoms with Gasteiger partial charge in [0.25, 0.3) is 0 Å². The normalized spacial score (nSPS) is 18.4. The number of aromatic nitrogens is 2. The molecule has 5 heteroatoms. The SMILES string of the molecule is C[C@@H](Sc1ncccn1)C(=O)N1c2ccccc2C[C@@H]1C. The number of fused-ring (bicyclic) bond motifs is 1. The maximum Gasteiger partial charge on any atom is 0.240 e. The van der Waals surface area contributed by atoms with Crippen molar-refractivity contribution in [2.45, 2.75) is 36.7 Å². The quantitative estimate of drug-likeness (QED) is 0.646. The molecule has 108 valence electrons. The lowest BCUT2D eigenvalue weighted by atomic mass is 10.1. The molecule has 1 amide bonds. The summed E-state index contributed by atoms with van der Waals surface area (Å²) in [5, 5.41) is 0.430. The van der Waals surface area contributed by atoms with Crippen LogP contribution in [0.2, 0.25) is 0 Å². The van der Waals surface area contributed by atoms with Crippen LogP contribution in [-0.2, 0) is 11.2 Å². The van der Waals surface area contributed by atoms with Crippen LogP contribution in [0.15, 0.2) is 47.9 Å². The first kappa shape index (κ1) is 14.1. The van der Waals surface area contributed by atoms with E-state index in [9.17, 15) is 4.79 Å². The van der Waals surface area contributed by atoms with Crippen LogP contribution in [0.25, 0.3) is 0 Å². The van der Waals surface area contributed by atoms with Crippen molar-refractivity contribution in [3.63, 3.8) is 0 Å². The van der Waals surface area contributed by atoms with Crippen molar-refractivity contribution in [1.29, 1.82) is 0 Å². The first-order chi connectivity index (χ1) is 10.2. The second kappa shape index (κ2) is 5.85. The van der Waals surface area contributed by atoms with E-state index in [1.54, 1.807) is 18.5 Å². The molecule has 0 N–H and O–H groups in total. The summed E-state index contributed by atoms with van der Waals surface area (Å²) < 4.78 is 0. The summed E-state index contributed by atoms with van der Waals surface area (Å²) in [4.78, 5) is 23.0. The lowest BCUT2D eigenvalue weighted by molar-refractivity contribution is -0.118. The predicted octanol–water partition coefficient (Wildman–Crippen LogP) is 2.94. The molecule has 1 aromatic heterocycles. The van der Waals surface area contributed by atoms with Crippen molar-refractivity contribution in [1.82, 2.24) is 9.97 Å². The Balaban J connectivity index is 1.79. The number of nitrogens with zero attached hydrogens (tertiary/aromatic N) is 3. The van der Waals surface area contributed by atoms with Crippen molar-refractivity contribution in [3.05, 3.63) is 48.3 Å². The van der Waals surface area contributed by atoms with Crippen molar-refractivity contribution in [2.75, 3.05) is 4.90 Å². The standard InChI is InChI=1S/C16H17N3OS/c1-11-10-13-6-3-4-7-14(13)19(11)15(20)12(2)21-16-17-8-5-9-18-16/h3-9,11-12H,10H2,1-2H3/t11-,12+/m0/s1. The fraction of sp³-hybridized carbons (Fsp3) is 0.312. The van der Waals surface area contributed by atoms with Crippen molar-refractivity contribution in [2.24, 2.45) is 0 Å². The van der Waals surface area contributed by atoms with Crippen molar-refractivity contribution >= 4 is 23.4 Å². The Labute approximate surface area is 128 Å². The van der Waals surface area contributed by atoms with Gasteiger partial charge in [0.1, 0.15) is 0 Å². The van der Waals surface area contributed by atoms with Crippen LogP contribution in [-0.4, -0.2) is 27.2 Å². The summed E-state index contributed by atoms with van der Waals surface area (Å²) in [6.07, 6.45) is 4.31. The van der Waals surface area contributed by atoms with Gasteiger partial charge in [0.15, 0.2) is 5.16 Å². The predicted molar refractivity (Wildman–Crippen MR) is 84.4 cm³/mol. The van der Waals surface area contributed by atoms with Crippen LogP contribution < -0.4 is 4.90 Å². The maximum absolute atomic E-state index is 12.8. The minimum absolute atomic E-state index is 0.116. The van der Waals surface area contributed by atoms with E-state index in [0.29, 0.717) is 5.16 Å². The highest BCUT2D eigenvalue weighted by Crippen LogP contribution is 2.34. The molecular weight excluding hydrogens is 282 g/mol. The average Bonchev–Trinajstić information content (AvgIpc) is 2.83. The van der Waals surface area contributed by atoms with E-state index in [2.05, 4.69) is 23.0 Å². The number of hydrogen-bond acceptors (Lipinski definition) is 4. The molecule has 4 nitrogen and oxygen atoms in total. The Kier molecular flexibility index (Phi) is 3.92. The van der Waals surface area contributed by atoms with Gasteiger partial charge in [-0.25, -0.2) is 9.97 Å². The van der Waals surface area contributed by atoms with E-state index in [4.69, 9.17) is 0 Å². The number of rotatable bonds is 3. The molecule has 1 aromatic carbocycles. The maximum atomic E-state index is 12.8. The van der Waals surface area contributed by atoms with Crippen LogP contribution in [0.5, 0.6) is 0 Å². The highest BCUT2D eigenvalue weighted by Gasteiger charge is 2.33. The second-order valence-electron chi connectivity index (χ2n) is 5.18. The van der Waals surface area contributed by atoms with Crippen LogP contribution in [0, 0.1) is 0 Å². The molecule has 2 aromatic rings. The molecule has 0 aliphatic carbocycles. The topological polar surface area (TPSA) is 46.1 Å². The Bertz CT molecular complexity index is 647. The Morgan fingerprint density at radius 1 is 1.29 bits per heavy atom. The molecule has 2 atom stereocenters. The number of carbonyl (C=O) groups excluding carboxylic acids is 1. The van der Waals surface area contributed by atoms with E-state index in [1.165, 1.54) is 17.3 Å². The minimum Gasteiger partial charge on any atom is -0.308 e. The molecule has 1 aliphatic rings. The molecule has 0 unspecified atom stereocenters. The fourth-order valence-corrected chi connectivity index (χ4v) is 3.43. The van der Waals surface area contributed by atoms with E-state index >= 15 is 0 Å². The third kappa shape index (κ3) is 2.78. The fourth-order valence-electron chi connectivity index (χ4n) is 2.65.